The molecule has 122 valence electrons. The maximum atomic E-state index is 2.83. The molecule has 3 rings (SSSR count). The summed E-state index contributed by atoms with van der Waals surface area (Å²) >= 11 is 0. The van der Waals surface area contributed by atoms with Gasteiger partial charge in [-0.25, -0.2) is 0 Å². The first-order valence-electron chi connectivity index (χ1n) is 9.48. The van der Waals surface area contributed by atoms with Gasteiger partial charge in [0.05, 0.1) is 0 Å². The van der Waals surface area contributed by atoms with E-state index in [0.717, 1.165) is 17.9 Å². The van der Waals surface area contributed by atoms with E-state index in [-0.39, 0.29) is 0 Å². The van der Waals surface area contributed by atoms with Gasteiger partial charge in [0.1, 0.15) is 0 Å². The molecule has 2 aliphatic heterocycles. The van der Waals surface area contributed by atoms with Gasteiger partial charge in [-0.2, -0.15) is 0 Å². The molecule has 0 spiro atoms. The van der Waals surface area contributed by atoms with Crippen molar-refractivity contribution in [2.45, 2.75) is 71.8 Å². The van der Waals surface area contributed by atoms with Gasteiger partial charge in [-0.3, -0.25) is 0 Å². The number of nitrogens with zero attached hydrogens (tertiary/aromatic N) is 2. The Balaban J connectivity index is 1.39. The lowest BCUT2D eigenvalue weighted by Gasteiger charge is -2.41. The minimum Gasteiger partial charge on any atom is -0.303 e. The van der Waals surface area contributed by atoms with Crippen molar-refractivity contribution in [3.05, 3.63) is 0 Å². The van der Waals surface area contributed by atoms with Gasteiger partial charge in [0.2, 0.25) is 0 Å². The molecule has 0 aromatic heterocycles. The monoisotopic (exact) mass is 292 g/mol. The summed E-state index contributed by atoms with van der Waals surface area (Å²) in [4.78, 5) is 5.57. The molecule has 1 saturated carbocycles. The average Bonchev–Trinajstić information content (AvgIpc) is 2.80. The first kappa shape index (κ1) is 15.8. The van der Waals surface area contributed by atoms with Crippen LogP contribution in [0.2, 0.25) is 0 Å². The molecular weight excluding hydrogens is 256 g/mol. The Hall–Kier alpha value is -0.0800. The molecule has 0 unspecified atom stereocenters. The summed E-state index contributed by atoms with van der Waals surface area (Å²) in [6.45, 7) is 14.1. The third-order valence-electron chi connectivity index (χ3n) is 6.42. The van der Waals surface area contributed by atoms with E-state index in [0.29, 0.717) is 5.41 Å². The lowest BCUT2D eigenvalue weighted by atomic mass is 9.85. The van der Waals surface area contributed by atoms with Gasteiger partial charge in [0.25, 0.3) is 0 Å². The molecule has 2 saturated heterocycles. The topological polar surface area (TPSA) is 6.48 Å². The van der Waals surface area contributed by atoms with Crippen LogP contribution in [0.4, 0.5) is 0 Å². The molecule has 1 aliphatic carbocycles. The fourth-order valence-corrected chi connectivity index (χ4v) is 4.85. The van der Waals surface area contributed by atoms with E-state index in [4.69, 9.17) is 0 Å². The van der Waals surface area contributed by atoms with Crippen LogP contribution in [0.5, 0.6) is 0 Å². The van der Waals surface area contributed by atoms with Crippen LogP contribution in [0.1, 0.15) is 65.7 Å². The molecular formula is C19H36N2. The van der Waals surface area contributed by atoms with E-state index < -0.39 is 0 Å². The summed E-state index contributed by atoms with van der Waals surface area (Å²) in [7, 11) is 0. The molecule has 2 nitrogen and oxygen atoms in total. The molecule has 0 atom stereocenters. The van der Waals surface area contributed by atoms with Crippen molar-refractivity contribution < 1.29 is 0 Å². The summed E-state index contributed by atoms with van der Waals surface area (Å²) < 4.78 is 0. The zero-order chi connectivity index (χ0) is 14.9. The highest BCUT2D eigenvalue weighted by molar-refractivity contribution is 4.86. The quantitative estimate of drug-likeness (QED) is 0.775. The van der Waals surface area contributed by atoms with Crippen molar-refractivity contribution in [2.24, 2.45) is 17.3 Å². The van der Waals surface area contributed by atoms with Gasteiger partial charge in [-0.05, 0) is 81.8 Å². The van der Waals surface area contributed by atoms with E-state index in [9.17, 15) is 0 Å². The van der Waals surface area contributed by atoms with Crippen LogP contribution < -0.4 is 0 Å². The van der Waals surface area contributed by atoms with Crippen LogP contribution >= 0.6 is 0 Å². The molecule has 21 heavy (non-hydrogen) atoms. The number of hydrogen-bond acceptors (Lipinski definition) is 2. The fraction of sp³-hybridized carbons (Fsp3) is 1.00. The van der Waals surface area contributed by atoms with Crippen LogP contribution in [-0.4, -0.2) is 48.6 Å². The lowest BCUT2D eigenvalue weighted by Crippen LogP contribution is -2.44. The Morgan fingerprint density at radius 1 is 0.905 bits per heavy atom. The number of rotatable bonds is 3. The Labute approximate surface area is 132 Å². The second-order valence-electron chi connectivity index (χ2n) is 9.04. The number of likely N-dealkylation sites (tertiary alicyclic amines) is 2. The Morgan fingerprint density at radius 3 is 2.14 bits per heavy atom. The Morgan fingerprint density at radius 2 is 1.57 bits per heavy atom. The maximum Gasteiger partial charge on any atom is 0.00954 e. The van der Waals surface area contributed by atoms with Crippen molar-refractivity contribution in [3.8, 4) is 0 Å². The van der Waals surface area contributed by atoms with Gasteiger partial charge in [-0.15, -0.1) is 0 Å². The van der Waals surface area contributed by atoms with Crippen molar-refractivity contribution in [1.29, 1.82) is 0 Å². The highest BCUT2D eigenvalue weighted by Crippen LogP contribution is 2.32. The third-order valence-corrected chi connectivity index (χ3v) is 6.42. The number of hydrogen-bond donors (Lipinski definition) is 0. The molecule has 0 bridgehead atoms. The van der Waals surface area contributed by atoms with Crippen molar-refractivity contribution in [1.82, 2.24) is 9.80 Å². The molecule has 0 amide bonds. The van der Waals surface area contributed by atoms with Gasteiger partial charge in [-0.1, -0.05) is 20.8 Å². The van der Waals surface area contributed by atoms with Crippen molar-refractivity contribution >= 4 is 0 Å². The van der Waals surface area contributed by atoms with Crippen LogP contribution in [-0.2, 0) is 0 Å². The highest BCUT2D eigenvalue weighted by atomic mass is 15.2. The second kappa shape index (κ2) is 6.58. The summed E-state index contributed by atoms with van der Waals surface area (Å²) in [5.41, 5.74) is 0.569. The average molecular weight is 293 g/mol. The van der Waals surface area contributed by atoms with E-state index >= 15 is 0 Å². The van der Waals surface area contributed by atoms with E-state index in [1.54, 1.807) is 0 Å². The Bertz CT molecular complexity index is 322. The smallest absolute Gasteiger partial charge is 0.00954 e. The molecule has 3 aliphatic rings. The molecule has 0 aromatic carbocycles. The maximum absolute atomic E-state index is 2.83. The largest absolute Gasteiger partial charge is 0.303 e. The van der Waals surface area contributed by atoms with Gasteiger partial charge in [0, 0.05) is 19.1 Å². The minimum absolute atomic E-state index is 0.569. The SMILES string of the molecule is CC1CCC(N2CCC(CN3CCC(C)(C)C3)CC2)CC1. The van der Waals surface area contributed by atoms with Crippen molar-refractivity contribution in [2.75, 3.05) is 32.7 Å². The highest BCUT2D eigenvalue weighted by Gasteiger charge is 2.32. The van der Waals surface area contributed by atoms with Gasteiger partial charge >= 0.3 is 0 Å². The molecule has 0 radical (unpaired) electrons. The number of piperidine rings is 1. The summed E-state index contributed by atoms with van der Waals surface area (Å²) in [6, 6.07) is 0.924. The third kappa shape index (κ3) is 4.22. The predicted molar refractivity (Wildman–Crippen MR) is 90.6 cm³/mol. The van der Waals surface area contributed by atoms with Crippen LogP contribution in [0.3, 0.4) is 0 Å². The molecule has 3 fully saturated rings. The summed E-state index contributed by atoms with van der Waals surface area (Å²) in [5.74, 6) is 1.95. The lowest BCUT2D eigenvalue weighted by molar-refractivity contribution is 0.0855. The molecule has 2 heterocycles. The first-order valence-corrected chi connectivity index (χ1v) is 9.48. The standard InChI is InChI=1S/C19H36N2/c1-16-4-6-18(7-5-16)21-11-8-17(9-12-21)14-20-13-10-19(2,3)15-20/h16-18H,4-15H2,1-3H3. The van der Waals surface area contributed by atoms with Crippen LogP contribution in [0.25, 0.3) is 0 Å². The summed E-state index contributed by atoms with van der Waals surface area (Å²) in [6.07, 6.45) is 10.2. The summed E-state index contributed by atoms with van der Waals surface area (Å²) in [5, 5.41) is 0. The van der Waals surface area contributed by atoms with Gasteiger partial charge < -0.3 is 9.80 Å². The van der Waals surface area contributed by atoms with Gasteiger partial charge in [0.15, 0.2) is 0 Å². The fourth-order valence-electron chi connectivity index (χ4n) is 4.85. The first-order chi connectivity index (χ1) is 10.0. The van der Waals surface area contributed by atoms with Crippen molar-refractivity contribution in [3.63, 3.8) is 0 Å². The predicted octanol–water partition coefficient (Wildman–Crippen LogP) is 4.01. The molecule has 0 N–H and O–H groups in total. The van der Waals surface area contributed by atoms with E-state index in [1.165, 1.54) is 77.7 Å². The zero-order valence-electron chi connectivity index (χ0n) is 14.6. The molecule has 2 heteroatoms. The van der Waals surface area contributed by atoms with Crippen LogP contribution in [0.15, 0.2) is 0 Å². The van der Waals surface area contributed by atoms with E-state index in [2.05, 4.69) is 30.6 Å². The Kier molecular flexibility index (Phi) is 4.95. The van der Waals surface area contributed by atoms with E-state index in [1.807, 2.05) is 0 Å². The normalized spacial score (nSPS) is 36.1. The minimum atomic E-state index is 0.569. The zero-order valence-corrected chi connectivity index (χ0v) is 14.6. The van der Waals surface area contributed by atoms with Crippen LogP contribution in [0, 0.1) is 17.3 Å². The second-order valence-corrected chi connectivity index (χ2v) is 9.04. The molecule has 0 aromatic rings.